The number of nitrogens with one attached hydrogen (secondary N) is 1. The van der Waals surface area contributed by atoms with Crippen molar-refractivity contribution in [2.75, 3.05) is 11.9 Å². The number of anilines is 1. The largest absolute Gasteiger partial charge is 0.464 e. The number of carbonyl (C=O) groups is 3. The van der Waals surface area contributed by atoms with E-state index in [1.807, 2.05) is 32.9 Å². The third-order valence-electron chi connectivity index (χ3n) is 7.08. The second-order valence-corrected chi connectivity index (χ2v) is 13.1. The summed E-state index contributed by atoms with van der Waals surface area (Å²) in [5, 5.41) is 3.09. The Balaban J connectivity index is 1.54. The summed E-state index contributed by atoms with van der Waals surface area (Å²) in [5.74, 6) is -0.704. The van der Waals surface area contributed by atoms with Gasteiger partial charge in [-0.05, 0) is 36.0 Å². The molecular weight excluding hydrogens is 605 g/mol. The maximum Gasteiger partial charge on any atom is 0.331 e. The summed E-state index contributed by atoms with van der Waals surface area (Å²) in [7, 11) is 0. The van der Waals surface area contributed by atoms with E-state index in [-0.39, 0.29) is 33.4 Å². The highest BCUT2D eigenvalue weighted by Gasteiger charge is 2.58. The molecule has 2 aliphatic carbocycles. The average molecular weight is 637 g/mol. The van der Waals surface area contributed by atoms with Crippen LogP contribution < -0.4 is 5.32 Å². The molecule has 7 nitrogen and oxygen atoms in total. The summed E-state index contributed by atoms with van der Waals surface area (Å²) < 4.78 is 5.66. The van der Waals surface area contributed by atoms with Crippen molar-refractivity contribution in [3.8, 4) is 0 Å². The van der Waals surface area contributed by atoms with Gasteiger partial charge in [-0.2, -0.15) is 0 Å². The minimum atomic E-state index is -0.788. The summed E-state index contributed by atoms with van der Waals surface area (Å²) in [6.07, 6.45) is 7.63. The van der Waals surface area contributed by atoms with Crippen molar-refractivity contribution in [1.29, 1.82) is 0 Å². The second-order valence-electron chi connectivity index (χ2n) is 11.4. The van der Waals surface area contributed by atoms with E-state index in [4.69, 9.17) is 32.9 Å². The van der Waals surface area contributed by atoms with Crippen LogP contribution in [-0.2, 0) is 20.7 Å². The van der Waals surface area contributed by atoms with Crippen LogP contribution in [0.1, 0.15) is 68.8 Å². The third kappa shape index (κ3) is 6.72. The maximum absolute atomic E-state index is 13.2. The summed E-state index contributed by atoms with van der Waals surface area (Å²) in [4.78, 5) is 47.1. The van der Waals surface area contributed by atoms with Gasteiger partial charge in [-0.3, -0.25) is 19.6 Å². The van der Waals surface area contributed by atoms with Crippen molar-refractivity contribution in [2.24, 2.45) is 15.8 Å². The van der Waals surface area contributed by atoms with Gasteiger partial charge >= 0.3 is 5.97 Å². The number of aromatic nitrogens is 1. The van der Waals surface area contributed by atoms with Crippen molar-refractivity contribution in [3.63, 3.8) is 0 Å². The molecule has 1 aromatic heterocycles. The van der Waals surface area contributed by atoms with Crippen molar-refractivity contribution in [1.82, 2.24) is 4.98 Å². The molecule has 1 aromatic carbocycles. The second kappa shape index (κ2) is 12.1. The molecule has 1 N–H and O–H groups in total. The van der Waals surface area contributed by atoms with E-state index in [1.54, 1.807) is 12.1 Å². The molecule has 0 saturated heterocycles. The normalized spacial score (nSPS) is 20.4. The van der Waals surface area contributed by atoms with Crippen LogP contribution in [0.4, 0.5) is 5.69 Å². The number of carbonyl (C=O) groups excluding carboxylic acids is 3. The molecule has 2 saturated carbocycles. The summed E-state index contributed by atoms with van der Waals surface area (Å²) in [6.45, 7) is 6.25. The predicted molar refractivity (Wildman–Crippen MR) is 157 cm³/mol. The molecule has 10 heteroatoms. The predicted octanol–water partition coefficient (Wildman–Crippen LogP) is 6.88. The van der Waals surface area contributed by atoms with E-state index >= 15 is 0 Å². The molecule has 2 aromatic rings. The fraction of sp³-hybridized carbons (Fsp3) is 0.483. The number of Topliss-reactive ketones (excluding diaryl/α,β-unsaturated/α-hetero) is 1. The average Bonchev–Trinajstić information content (AvgIpc) is 2.90. The number of aliphatic imine (C=N–C) groups is 1. The standard InChI is InChI=1S/C29H32BrCl2N3O4/c1-28(2,3)16-39-27(38)21(35-24-23(30)25(36)29(24)11-5-4-6-12-29)13-17-7-9-18(10-8-17)34-26(37)22-19(31)14-33-15-20(22)32/h7-10,14-15,21,23H,4-6,11-13,16H2,1-3H3,(H,34,37)/t21-,23?/m0/s1. The SMILES string of the molecule is CC(C)(C)COC(=O)[C@H](Cc1ccc(NC(=O)c2c(Cl)cncc2Cl)cc1)N=C1C(Br)C(=O)C12CCCCC2. The van der Waals surface area contributed by atoms with Gasteiger partial charge in [0.2, 0.25) is 0 Å². The first kappa shape index (κ1) is 29.7. The Morgan fingerprint density at radius 1 is 1.13 bits per heavy atom. The van der Waals surface area contributed by atoms with Gasteiger partial charge in [-0.25, -0.2) is 4.79 Å². The number of alkyl halides is 1. The lowest BCUT2D eigenvalue weighted by Crippen LogP contribution is -2.61. The van der Waals surface area contributed by atoms with E-state index in [0.29, 0.717) is 12.1 Å². The Hall–Kier alpha value is -2.29. The lowest BCUT2D eigenvalue weighted by molar-refractivity contribution is -0.148. The van der Waals surface area contributed by atoms with Crippen LogP contribution in [0, 0.1) is 10.8 Å². The van der Waals surface area contributed by atoms with Crippen LogP contribution in [0.5, 0.6) is 0 Å². The molecule has 2 atom stereocenters. The molecule has 0 radical (unpaired) electrons. The Morgan fingerprint density at radius 3 is 2.33 bits per heavy atom. The van der Waals surface area contributed by atoms with Crippen molar-refractivity contribution < 1.29 is 19.1 Å². The molecule has 0 aliphatic heterocycles. The quantitative estimate of drug-likeness (QED) is 0.264. The van der Waals surface area contributed by atoms with Crippen LogP contribution in [0.15, 0.2) is 41.7 Å². The van der Waals surface area contributed by atoms with E-state index < -0.39 is 28.2 Å². The van der Waals surface area contributed by atoms with Gasteiger partial charge in [0, 0.05) is 30.2 Å². The van der Waals surface area contributed by atoms with Gasteiger partial charge in [0.05, 0.1) is 27.6 Å². The number of ketones is 1. The maximum atomic E-state index is 13.2. The molecule has 208 valence electrons. The highest BCUT2D eigenvalue weighted by molar-refractivity contribution is 9.10. The summed E-state index contributed by atoms with van der Waals surface area (Å²) in [6, 6.07) is 6.34. The number of amides is 1. The number of pyridine rings is 1. The lowest BCUT2D eigenvalue weighted by Gasteiger charge is -2.48. The zero-order valence-electron chi connectivity index (χ0n) is 22.2. The van der Waals surface area contributed by atoms with E-state index in [1.165, 1.54) is 12.4 Å². The highest BCUT2D eigenvalue weighted by atomic mass is 79.9. The molecule has 1 spiro atoms. The Bertz CT molecular complexity index is 1260. The van der Waals surface area contributed by atoms with Gasteiger partial charge in [0.15, 0.2) is 11.8 Å². The first-order chi connectivity index (χ1) is 18.4. The zero-order chi connectivity index (χ0) is 28.4. The zero-order valence-corrected chi connectivity index (χ0v) is 25.3. The highest BCUT2D eigenvalue weighted by Crippen LogP contribution is 2.49. The monoisotopic (exact) mass is 635 g/mol. The minimum Gasteiger partial charge on any atom is -0.464 e. The van der Waals surface area contributed by atoms with E-state index in [0.717, 1.165) is 43.4 Å². The van der Waals surface area contributed by atoms with Crippen LogP contribution in [0.2, 0.25) is 10.0 Å². The number of benzene rings is 1. The molecular formula is C29H32BrCl2N3O4. The smallest absolute Gasteiger partial charge is 0.331 e. The molecule has 2 fully saturated rings. The van der Waals surface area contributed by atoms with Gasteiger partial charge in [0.1, 0.15) is 4.83 Å². The topological polar surface area (TPSA) is 97.7 Å². The van der Waals surface area contributed by atoms with Gasteiger partial charge in [-0.1, -0.05) is 91.3 Å². The number of halogens is 3. The summed E-state index contributed by atoms with van der Waals surface area (Å²) >= 11 is 15.7. The van der Waals surface area contributed by atoms with E-state index in [2.05, 4.69) is 26.2 Å². The first-order valence-electron chi connectivity index (χ1n) is 13.0. The van der Waals surface area contributed by atoms with Crippen LogP contribution >= 0.6 is 39.1 Å². The Kier molecular flexibility index (Phi) is 9.19. The number of rotatable bonds is 7. The Morgan fingerprint density at radius 2 is 1.74 bits per heavy atom. The number of esters is 1. The van der Waals surface area contributed by atoms with Gasteiger partial charge in [-0.15, -0.1) is 0 Å². The molecule has 0 bridgehead atoms. The molecule has 2 aliphatic rings. The molecule has 4 rings (SSSR count). The van der Waals surface area contributed by atoms with E-state index in [9.17, 15) is 14.4 Å². The fourth-order valence-electron chi connectivity index (χ4n) is 5.01. The number of hydrogen-bond donors (Lipinski definition) is 1. The van der Waals surface area contributed by atoms with Crippen LogP contribution in [0.25, 0.3) is 0 Å². The lowest BCUT2D eigenvalue weighted by atomic mass is 9.58. The Labute approximate surface area is 247 Å². The number of ether oxygens (including phenoxy) is 1. The molecule has 1 heterocycles. The minimum absolute atomic E-state index is 0.144. The van der Waals surface area contributed by atoms with Crippen molar-refractivity contribution >= 4 is 68.2 Å². The third-order valence-corrected chi connectivity index (χ3v) is 8.50. The fourth-order valence-corrected chi connectivity index (χ4v) is 6.54. The van der Waals surface area contributed by atoms with Crippen molar-refractivity contribution in [2.45, 2.75) is 70.2 Å². The molecule has 39 heavy (non-hydrogen) atoms. The van der Waals surface area contributed by atoms with Crippen molar-refractivity contribution in [3.05, 3.63) is 57.8 Å². The summed E-state index contributed by atoms with van der Waals surface area (Å²) in [5.41, 5.74) is 1.54. The van der Waals surface area contributed by atoms with Crippen LogP contribution in [-0.4, -0.2) is 45.8 Å². The number of nitrogens with zero attached hydrogens (tertiary/aromatic N) is 2. The molecule has 1 amide bonds. The van der Waals surface area contributed by atoms with Crippen LogP contribution in [0.3, 0.4) is 0 Å². The molecule has 1 unspecified atom stereocenters. The number of hydrogen-bond acceptors (Lipinski definition) is 6. The van der Waals surface area contributed by atoms with Gasteiger partial charge < -0.3 is 10.1 Å². The van der Waals surface area contributed by atoms with Gasteiger partial charge in [0.25, 0.3) is 5.91 Å². The first-order valence-corrected chi connectivity index (χ1v) is 14.7.